The van der Waals surface area contributed by atoms with Gasteiger partial charge in [-0.2, -0.15) is 0 Å². The maximum Gasteiger partial charge on any atom is 0.289 e. The molecule has 0 radical (unpaired) electrons. The Labute approximate surface area is 141 Å². The molecule has 1 aromatic rings. The standard InChI is InChI=1S/C15H15BrN2O3S/c16-11-3-1-2-10(8-11)14(20)17-6-4-12(5-7-17)18-13(19)9-22-15(18)21/h1-3,8,12H,4-7,9H2. The van der Waals surface area contributed by atoms with Crippen LogP contribution >= 0.6 is 27.7 Å². The number of halogens is 1. The minimum atomic E-state index is -0.151. The van der Waals surface area contributed by atoms with Crippen LogP contribution in [0.2, 0.25) is 0 Å². The molecule has 3 amide bonds. The summed E-state index contributed by atoms with van der Waals surface area (Å²) in [7, 11) is 0. The predicted molar refractivity (Wildman–Crippen MR) is 87.8 cm³/mol. The first-order valence-electron chi connectivity index (χ1n) is 7.10. The van der Waals surface area contributed by atoms with Crippen LogP contribution in [0, 0.1) is 0 Å². The Morgan fingerprint density at radius 2 is 1.95 bits per heavy atom. The quantitative estimate of drug-likeness (QED) is 0.788. The molecule has 2 saturated heterocycles. The molecule has 0 bridgehead atoms. The highest BCUT2D eigenvalue weighted by molar-refractivity contribution is 9.10. The summed E-state index contributed by atoms with van der Waals surface area (Å²) in [5.74, 6) is 0.135. The maximum absolute atomic E-state index is 12.5. The Morgan fingerprint density at radius 1 is 1.23 bits per heavy atom. The lowest BCUT2D eigenvalue weighted by Gasteiger charge is -2.35. The fourth-order valence-corrected chi connectivity index (χ4v) is 4.02. The number of piperidine rings is 1. The van der Waals surface area contributed by atoms with Crippen LogP contribution in [-0.2, 0) is 4.79 Å². The molecule has 7 heteroatoms. The Hall–Kier alpha value is -1.34. The van der Waals surface area contributed by atoms with Gasteiger partial charge in [-0.05, 0) is 31.0 Å². The molecule has 0 aliphatic carbocycles. The molecule has 2 fully saturated rings. The van der Waals surface area contributed by atoms with Gasteiger partial charge < -0.3 is 4.90 Å². The number of hydrogen-bond acceptors (Lipinski definition) is 4. The van der Waals surface area contributed by atoms with Crippen molar-refractivity contribution in [3.05, 3.63) is 34.3 Å². The van der Waals surface area contributed by atoms with Gasteiger partial charge in [0.2, 0.25) is 5.91 Å². The second kappa shape index (κ2) is 6.42. The highest BCUT2D eigenvalue weighted by Crippen LogP contribution is 2.27. The van der Waals surface area contributed by atoms with E-state index in [1.54, 1.807) is 17.0 Å². The van der Waals surface area contributed by atoms with Crippen molar-refractivity contribution >= 4 is 44.7 Å². The number of amides is 3. The number of carbonyl (C=O) groups excluding carboxylic acids is 3. The van der Waals surface area contributed by atoms with Gasteiger partial charge in [-0.3, -0.25) is 19.3 Å². The predicted octanol–water partition coefficient (Wildman–Crippen LogP) is 2.75. The third kappa shape index (κ3) is 3.05. The number of benzene rings is 1. The van der Waals surface area contributed by atoms with Crippen molar-refractivity contribution in [3.8, 4) is 0 Å². The molecule has 0 spiro atoms. The van der Waals surface area contributed by atoms with Crippen LogP contribution in [0.25, 0.3) is 0 Å². The summed E-state index contributed by atoms with van der Waals surface area (Å²) in [6.07, 6.45) is 1.30. The Bertz CT molecular complexity index is 613. The van der Waals surface area contributed by atoms with Crippen LogP contribution in [0.5, 0.6) is 0 Å². The fourth-order valence-electron chi connectivity index (χ4n) is 2.85. The number of hydrogen-bond donors (Lipinski definition) is 0. The van der Waals surface area contributed by atoms with E-state index in [1.165, 1.54) is 4.90 Å². The second-order valence-corrected chi connectivity index (χ2v) is 7.19. The van der Waals surface area contributed by atoms with Crippen molar-refractivity contribution in [1.29, 1.82) is 0 Å². The highest BCUT2D eigenvalue weighted by atomic mass is 79.9. The van der Waals surface area contributed by atoms with Gasteiger partial charge in [0, 0.05) is 29.2 Å². The number of thioether (sulfide) groups is 1. The first-order valence-corrected chi connectivity index (χ1v) is 8.88. The number of imide groups is 1. The lowest BCUT2D eigenvalue weighted by molar-refractivity contribution is -0.126. The lowest BCUT2D eigenvalue weighted by atomic mass is 10.0. The average molecular weight is 383 g/mol. The van der Waals surface area contributed by atoms with Crippen LogP contribution in [0.3, 0.4) is 0 Å². The molecule has 2 aliphatic heterocycles. The minimum absolute atomic E-state index is 0.00630. The van der Waals surface area contributed by atoms with Crippen molar-refractivity contribution in [2.24, 2.45) is 0 Å². The van der Waals surface area contributed by atoms with E-state index >= 15 is 0 Å². The Morgan fingerprint density at radius 3 is 2.55 bits per heavy atom. The van der Waals surface area contributed by atoms with Crippen LogP contribution in [0.1, 0.15) is 23.2 Å². The summed E-state index contributed by atoms with van der Waals surface area (Å²) in [4.78, 5) is 39.1. The van der Waals surface area contributed by atoms with Crippen molar-refractivity contribution in [1.82, 2.24) is 9.80 Å². The molecule has 2 heterocycles. The summed E-state index contributed by atoms with van der Waals surface area (Å²) < 4.78 is 0.874. The second-order valence-electron chi connectivity index (χ2n) is 5.35. The van der Waals surface area contributed by atoms with Gasteiger partial charge in [0.05, 0.1) is 5.75 Å². The number of carbonyl (C=O) groups is 3. The molecule has 3 rings (SSSR count). The van der Waals surface area contributed by atoms with Crippen LogP contribution < -0.4 is 0 Å². The third-order valence-electron chi connectivity index (χ3n) is 3.97. The van der Waals surface area contributed by atoms with Gasteiger partial charge >= 0.3 is 0 Å². The van der Waals surface area contributed by atoms with Gasteiger partial charge in [0.15, 0.2) is 0 Å². The average Bonchev–Trinajstić information content (AvgIpc) is 2.86. The van der Waals surface area contributed by atoms with E-state index in [-0.39, 0.29) is 28.8 Å². The minimum Gasteiger partial charge on any atom is -0.338 e. The van der Waals surface area contributed by atoms with E-state index in [9.17, 15) is 14.4 Å². The summed E-state index contributed by atoms with van der Waals surface area (Å²) >= 11 is 4.43. The summed E-state index contributed by atoms with van der Waals surface area (Å²) in [6, 6.07) is 7.25. The lowest BCUT2D eigenvalue weighted by Crippen LogP contribution is -2.48. The SMILES string of the molecule is O=C(c1cccc(Br)c1)N1CCC(N2C(=O)CSC2=O)CC1. The normalized spacial score (nSPS) is 19.9. The van der Waals surface area contributed by atoms with E-state index in [0.29, 0.717) is 31.5 Å². The topological polar surface area (TPSA) is 57.7 Å². The van der Waals surface area contributed by atoms with Crippen molar-refractivity contribution in [3.63, 3.8) is 0 Å². The molecule has 0 atom stereocenters. The fraction of sp³-hybridized carbons (Fsp3) is 0.400. The molecule has 2 aliphatic rings. The molecule has 1 aromatic carbocycles. The first kappa shape index (κ1) is 15.6. The molecule has 0 aromatic heterocycles. The smallest absolute Gasteiger partial charge is 0.289 e. The Balaban J connectivity index is 1.63. The molecule has 0 N–H and O–H groups in total. The van der Waals surface area contributed by atoms with Crippen LogP contribution in [-0.4, -0.2) is 51.7 Å². The van der Waals surface area contributed by atoms with Gasteiger partial charge in [-0.1, -0.05) is 33.8 Å². The molecule has 116 valence electrons. The van der Waals surface area contributed by atoms with Crippen molar-refractivity contribution < 1.29 is 14.4 Å². The van der Waals surface area contributed by atoms with Crippen LogP contribution in [0.15, 0.2) is 28.7 Å². The summed E-state index contributed by atoms with van der Waals surface area (Å²) in [6.45, 7) is 1.13. The van der Waals surface area contributed by atoms with Crippen molar-refractivity contribution in [2.45, 2.75) is 18.9 Å². The van der Waals surface area contributed by atoms with E-state index in [4.69, 9.17) is 0 Å². The van der Waals surface area contributed by atoms with E-state index in [2.05, 4.69) is 15.9 Å². The zero-order valence-electron chi connectivity index (χ0n) is 11.8. The molecular weight excluding hydrogens is 368 g/mol. The van der Waals surface area contributed by atoms with E-state index in [1.807, 2.05) is 12.1 Å². The number of nitrogens with zero attached hydrogens (tertiary/aromatic N) is 2. The number of likely N-dealkylation sites (tertiary alicyclic amines) is 1. The summed E-state index contributed by atoms with van der Waals surface area (Å²) in [5, 5.41) is -0.151. The zero-order valence-corrected chi connectivity index (χ0v) is 14.2. The van der Waals surface area contributed by atoms with E-state index < -0.39 is 0 Å². The summed E-state index contributed by atoms with van der Waals surface area (Å²) in [5.41, 5.74) is 0.650. The molecular formula is C15H15BrN2O3S. The monoisotopic (exact) mass is 382 g/mol. The first-order chi connectivity index (χ1) is 10.6. The van der Waals surface area contributed by atoms with Crippen molar-refractivity contribution in [2.75, 3.05) is 18.8 Å². The maximum atomic E-state index is 12.5. The van der Waals surface area contributed by atoms with Gasteiger partial charge in [-0.15, -0.1) is 0 Å². The molecule has 0 saturated carbocycles. The van der Waals surface area contributed by atoms with Gasteiger partial charge in [0.1, 0.15) is 0 Å². The highest BCUT2D eigenvalue weighted by Gasteiger charge is 2.37. The van der Waals surface area contributed by atoms with Gasteiger partial charge in [-0.25, -0.2) is 0 Å². The molecule has 22 heavy (non-hydrogen) atoms. The molecule has 5 nitrogen and oxygen atoms in total. The van der Waals surface area contributed by atoms with Crippen LogP contribution in [0.4, 0.5) is 4.79 Å². The third-order valence-corrected chi connectivity index (χ3v) is 5.30. The Kier molecular flexibility index (Phi) is 4.54. The zero-order chi connectivity index (χ0) is 15.7. The molecule has 0 unspecified atom stereocenters. The number of rotatable bonds is 2. The van der Waals surface area contributed by atoms with E-state index in [0.717, 1.165) is 16.2 Å². The van der Waals surface area contributed by atoms with Gasteiger partial charge in [0.25, 0.3) is 11.1 Å². The largest absolute Gasteiger partial charge is 0.338 e.